The Morgan fingerprint density at radius 3 is 2.52 bits per heavy atom. The van der Waals surface area contributed by atoms with Gasteiger partial charge in [-0.15, -0.1) is 0 Å². The van der Waals surface area contributed by atoms with Crippen molar-refractivity contribution in [2.45, 2.75) is 46.1 Å². The highest BCUT2D eigenvalue weighted by Crippen LogP contribution is 2.17. The Labute approximate surface area is 128 Å². The highest BCUT2D eigenvalue weighted by Gasteiger charge is 2.18. The number of aliphatic imine (C=N–C) groups is 2. The molecule has 0 spiro atoms. The van der Waals surface area contributed by atoms with Crippen LogP contribution < -0.4 is 10.6 Å². The number of hydrogen-bond donors (Lipinski definition) is 2. The maximum atomic E-state index is 4.44. The zero-order valence-electron chi connectivity index (χ0n) is 13.9. The van der Waals surface area contributed by atoms with E-state index in [9.17, 15) is 0 Å². The topological polar surface area (TPSA) is 48.8 Å². The molecule has 21 heavy (non-hydrogen) atoms. The van der Waals surface area contributed by atoms with Crippen molar-refractivity contribution < 1.29 is 0 Å². The molecule has 0 bridgehead atoms. The molecule has 116 valence electrons. The Bertz CT molecular complexity index is 477. The summed E-state index contributed by atoms with van der Waals surface area (Å²) in [6, 6.07) is 0.629. The summed E-state index contributed by atoms with van der Waals surface area (Å²) < 4.78 is 0. The van der Waals surface area contributed by atoms with E-state index in [4.69, 9.17) is 0 Å². The first kappa shape index (κ1) is 17.2. The maximum absolute atomic E-state index is 4.44. The number of rotatable bonds is 8. The smallest absolute Gasteiger partial charge is 0.0881 e. The molecule has 1 aliphatic rings. The van der Waals surface area contributed by atoms with Gasteiger partial charge in [-0.2, -0.15) is 0 Å². The molecule has 0 aromatic heterocycles. The third-order valence-electron chi connectivity index (χ3n) is 3.50. The van der Waals surface area contributed by atoms with Crippen LogP contribution in [0, 0.1) is 0 Å². The number of hydrogen-bond acceptors (Lipinski definition) is 3. The molecule has 0 aromatic rings. The van der Waals surface area contributed by atoms with Crippen LogP contribution >= 0.6 is 0 Å². The molecular formula is C17H28N4. The van der Waals surface area contributed by atoms with Gasteiger partial charge < -0.3 is 10.6 Å². The second-order valence-corrected chi connectivity index (χ2v) is 5.19. The van der Waals surface area contributed by atoms with E-state index in [1.165, 1.54) is 12.8 Å². The van der Waals surface area contributed by atoms with Gasteiger partial charge in [-0.05, 0) is 38.7 Å². The van der Waals surface area contributed by atoms with Crippen molar-refractivity contribution >= 4 is 12.1 Å². The summed E-state index contributed by atoms with van der Waals surface area (Å²) in [5, 5.41) is 6.44. The van der Waals surface area contributed by atoms with Crippen LogP contribution in [0.1, 0.15) is 40.0 Å². The van der Waals surface area contributed by atoms with Crippen molar-refractivity contribution in [1.82, 2.24) is 10.6 Å². The van der Waals surface area contributed by atoms with Crippen LogP contribution in [0.4, 0.5) is 0 Å². The maximum Gasteiger partial charge on any atom is 0.0881 e. The van der Waals surface area contributed by atoms with E-state index in [1.54, 1.807) is 6.34 Å². The van der Waals surface area contributed by atoms with E-state index in [-0.39, 0.29) is 0 Å². The monoisotopic (exact) mass is 288 g/mol. The van der Waals surface area contributed by atoms with Gasteiger partial charge in [0.25, 0.3) is 0 Å². The van der Waals surface area contributed by atoms with E-state index < -0.39 is 0 Å². The van der Waals surface area contributed by atoms with Crippen molar-refractivity contribution in [3.8, 4) is 0 Å². The fourth-order valence-corrected chi connectivity index (χ4v) is 1.82. The molecule has 0 atom stereocenters. The molecule has 2 N–H and O–H groups in total. The summed E-state index contributed by atoms with van der Waals surface area (Å²) in [4.78, 5) is 8.81. The molecule has 0 saturated heterocycles. The number of nitrogens with one attached hydrogen (secondary N) is 2. The lowest BCUT2D eigenvalue weighted by molar-refractivity contribution is 0.926. The van der Waals surface area contributed by atoms with Gasteiger partial charge >= 0.3 is 0 Å². The Kier molecular flexibility index (Phi) is 7.51. The standard InChI is InChI=1S/C17H28N4/c1-6-7-8-15(11-20-12-21-16-9-10-16)17(19-5)13(2)14(3)18-4/h7-8,11-12,16,18H,6,9-10H2,1-5H3,(H,20,21)/b8-7-,14-13+,15-11+,19-17+. The van der Waals surface area contributed by atoms with Crippen molar-refractivity contribution in [2.24, 2.45) is 9.98 Å². The van der Waals surface area contributed by atoms with Gasteiger partial charge in [-0.25, -0.2) is 4.99 Å². The molecule has 0 aliphatic heterocycles. The summed E-state index contributed by atoms with van der Waals surface area (Å²) in [7, 11) is 3.75. The van der Waals surface area contributed by atoms with Gasteiger partial charge in [0.15, 0.2) is 0 Å². The first-order valence-corrected chi connectivity index (χ1v) is 7.61. The van der Waals surface area contributed by atoms with Crippen LogP contribution in [0.3, 0.4) is 0 Å². The molecule has 1 rings (SSSR count). The lowest BCUT2D eigenvalue weighted by Crippen LogP contribution is -2.13. The number of allylic oxidation sites excluding steroid dienone is 5. The largest absolute Gasteiger partial charge is 0.391 e. The molecule has 0 unspecified atom stereocenters. The molecule has 1 saturated carbocycles. The van der Waals surface area contributed by atoms with Crippen LogP contribution in [0.2, 0.25) is 0 Å². The summed E-state index contributed by atoms with van der Waals surface area (Å²) in [6.45, 7) is 6.25. The molecule has 1 fully saturated rings. The van der Waals surface area contributed by atoms with E-state index in [2.05, 4.69) is 53.5 Å². The van der Waals surface area contributed by atoms with Crippen LogP contribution in [-0.2, 0) is 0 Å². The molecule has 0 radical (unpaired) electrons. The van der Waals surface area contributed by atoms with Crippen LogP contribution in [0.25, 0.3) is 0 Å². The zero-order valence-corrected chi connectivity index (χ0v) is 13.9. The Morgan fingerprint density at radius 1 is 1.29 bits per heavy atom. The minimum atomic E-state index is 0.629. The van der Waals surface area contributed by atoms with Gasteiger partial charge in [0.1, 0.15) is 0 Å². The minimum Gasteiger partial charge on any atom is -0.391 e. The van der Waals surface area contributed by atoms with Crippen molar-refractivity contribution in [1.29, 1.82) is 0 Å². The van der Waals surface area contributed by atoms with Crippen molar-refractivity contribution in [2.75, 3.05) is 14.1 Å². The van der Waals surface area contributed by atoms with Crippen LogP contribution in [0.5, 0.6) is 0 Å². The lowest BCUT2D eigenvalue weighted by Gasteiger charge is -2.11. The van der Waals surface area contributed by atoms with Gasteiger partial charge in [0.05, 0.1) is 12.1 Å². The second kappa shape index (κ2) is 9.16. The first-order valence-electron chi connectivity index (χ1n) is 7.61. The van der Waals surface area contributed by atoms with Crippen LogP contribution in [0.15, 0.2) is 45.2 Å². The molecule has 0 amide bonds. The third kappa shape index (κ3) is 5.98. The fraction of sp³-hybridized carbons (Fsp3) is 0.529. The van der Waals surface area contributed by atoms with Crippen molar-refractivity contribution in [3.63, 3.8) is 0 Å². The predicted octanol–water partition coefficient (Wildman–Crippen LogP) is 3.20. The third-order valence-corrected chi connectivity index (χ3v) is 3.50. The predicted molar refractivity (Wildman–Crippen MR) is 93.0 cm³/mol. The summed E-state index contributed by atoms with van der Waals surface area (Å²) in [5.41, 5.74) is 4.25. The Balaban J connectivity index is 2.95. The molecule has 0 aromatic carbocycles. The Morgan fingerprint density at radius 2 is 2.00 bits per heavy atom. The number of nitrogens with zero attached hydrogens (tertiary/aromatic N) is 2. The lowest BCUT2D eigenvalue weighted by atomic mass is 10.0. The van der Waals surface area contributed by atoms with Crippen LogP contribution in [-0.4, -0.2) is 32.2 Å². The van der Waals surface area contributed by atoms with Gasteiger partial charge in [-0.1, -0.05) is 19.1 Å². The van der Waals surface area contributed by atoms with E-state index in [0.717, 1.165) is 29.0 Å². The quantitative estimate of drug-likeness (QED) is 0.409. The SMILES string of the molecule is CC\C=C/C(=C\N=C\NC1CC1)C(=N/C)/C(C)=C(\C)NC. The minimum absolute atomic E-state index is 0.629. The fourth-order valence-electron chi connectivity index (χ4n) is 1.82. The summed E-state index contributed by atoms with van der Waals surface area (Å²) in [5.74, 6) is 0. The van der Waals surface area contributed by atoms with E-state index >= 15 is 0 Å². The normalized spacial score (nSPS) is 18.3. The Hall–Kier alpha value is -1.84. The second-order valence-electron chi connectivity index (χ2n) is 5.19. The molecule has 4 heteroatoms. The van der Waals surface area contributed by atoms with Gasteiger partial charge in [0, 0.05) is 37.6 Å². The zero-order chi connectivity index (χ0) is 15.7. The molecular weight excluding hydrogens is 260 g/mol. The average Bonchev–Trinajstić information content (AvgIpc) is 3.31. The highest BCUT2D eigenvalue weighted by molar-refractivity contribution is 6.14. The summed E-state index contributed by atoms with van der Waals surface area (Å²) >= 11 is 0. The van der Waals surface area contributed by atoms with Gasteiger partial charge in [-0.3, -0.25) is 4.99 Å². The average molecular weight is 288 g/mol. The molecule has 1 aliphatic carbocycles. The summed E-state index contributed by atoms with van der Waals surface area (Å²) in [6.07, 6.45) is 11.4. The highest BCUT2D eigenvalue weighted by atomic mass is 15.0. The molecule has 4 nitrogen and oxygen atoms in total. The van der Waals surface area contributed by atoms with E-state index in [1.807, 2.05) is 20.3 Å². The van der Waals surface area contributed by atoms with Crippen molar-refractivity contribution in [3.05, 3.63) is 35.2 Å². The van der Waals surface area contributed by atoms with E-state index in [0.29, 0.717) is 6.04 Å². The van der Waals surface area contributed by atoms with Gasteiger partial charge in [0.2, 0.25) is 0 Å². The first-order chi connectivity index (χ1) is 10.1. The molecule has 0 heterocycles.